The second-order valence-corrected chi connectivity index (χ2v) is 9.10. The second kappa shape index (κ2) is 6.77. The lowest BCUT2D eigenvalue weighted by atomic mass is 10.2. The largest absolute Gasteiger partial charge is 0.340 e. The number of fused-ring (bicyclic) bond motifs is 1. The third-order valence-corrected chi connectivity index (χ3v) is 6.56. The van der Waals surface area contributed by atoms with E-state index in [9.17, 15) is 8.42 Å². The summed E-state index contributed by atoms with van der Waals surface area (Å²) in [6.07, 6.45) is 2.37. The van der Waals surface area contributed by atoms with Gasteiger partial charge < -0.3 is 10.2 Å². The predicted molar refractivity (Wildman–Crippen MR) is 107 cm³/mol. The highest BCUT2D eigenvalue weighted by Crippen LogP contribution is 2.26. The molecule has 27 heavy (non-hydrogen) atoms. The van der Waals surface area contributed by atoms with Gasteiger partial charge in [-0.05, 0) is 25.5 Å². The smallest absolute Gasteiger partial charge is 0.227 e. The van der Waals surface area contributed by atoms with Gasteiger partial charge >= 0.3 is 0 Å². The van der Waals surface area contributed by atoms with Crippen LogP contribution < -0.4 is 10.2 Å². The molecule has 1 N–H and O–H groups in total. The molecule has 1 atom stereocenters. The molecule has 1 fully saturated rings. The first-order valence-electron chi connectivity index (χ1n) is 8.81. The molecule has 8 heteroatoms. The summed E-state index contributed by atoms with van der Waals surface area (Å²) in [5.74, 6) is 1.55. The van der Waals surface area contributed by atoms with E-state index in [-0.39, 0.29) is 17.5 Å². The van der Waals surface area contributed by atoms with Gasteiger partial charge in [-0.15, -0.1) is 0 Å². The molecule has 1 aromatic carbocycles. The topological polar surface area (TPSA) is 88.1 Å². The number of anilines is 3. The van der Waals surface area contributed by atoms with E-state index in [1.54, 1.807) is 6.20 Å². The van der Waals surface area contributed by atoms with Crippen molar-refractivity contribution in [2.24, 2.45) is 0 Å². The molecular formula is C19H21N5O2S. The normalized spacial score (nSPS) is 18.5. The lowest BCUT2D eigenvalue weighted by Gasteiger charge is -2.24. The summed E-state index contributed by atoms with van der Waals surface area (Å²) in [6, 6.07) is 11.6. The van der Waals surface area contributed by atoms with Crippen molar-refractivity contribution >= 4 is 38.2 Å². The zero-order valence-corrected chi connectivity index (χ0v) is 16.1. The van der Waals surface area contributed by atoms with Gasteiger partial charge in [-0.25, -0.2) is 13.4 Å². The van der Waals surface area contributed by atoms with Gasteiger partial charge in [0, 0.05) is 36.4 Å². The molecule has 3 aromatic rings. The van der Waals surface area contributed by atoms with Crippen molar-refractivity contribution in [1.82, 2.24) is 15.0 Å². The van der Waals surface area contributed by atoms with Crippen LogP contribution in [0.15, 0.2) is 42.6 Å². The SMILES string of the molecule is Cc1cc(Nc2cccc3cccnc23)nc(N(C)C2CCS(=O)(=O)C2)n1. The summed E-state index contributed by atoms with van der Waals surface area (Å²) in [7, 11) is -1.11. The van der Waals surface area contributed by atoms with Crippen molar-refractivity contribution in [1.29, 1.82) is 0 Å². The van der Waals surface area contributed by atoms with Crippen LogP contribution in [0, 0.1) is 6.92 Å². The molecule has 0 radical (unpaired) electrons. The van der Waals surface area contributed by atoms with Gasteiger partial charge in [-0.2, -0.15) is 4.98 Å². The molecule has 4 rings (SSSR count). The number of nitrogens with one attached hydrogen (secondary N) is 1. The van der Waals surface area contributed by atoms with Gasteiger partial charge in [0.2, 0.25) is 5.95 Å². The number of aryl methyl sites for hydroxylation is 1. The Morgan fingerprint density at radius 2 is 2.00 bits per heavy atom. The highest BCUT2D eigenvalue weighted by molar-refractivity contribution is 7.91. The van der Waals surface area contributed by atoms with E-state index in [2.05, 4.69) is 20.3 Å². The van der Waals surface area contributed by atoms with Gasteiger partial charge in [-0.3, -0.25) is 4.98 Å². The molecule has 0 amide bonds. The van der Waals surface area contributed by atoms with Crippen LogP contribution in [0.2, 0.25) is 0 Å². The van der Waals surface area contributed by atoms with E-state index in [0.29, 0.717) is 18.2 Å². The Hall–Kier alpha value is -2.74. The van der Waals surface area contributed by atoms with Crippen LogP contribution in [0.4, 0.5) is 17.5 Å². The summed E-state index contributed by atoms with van der Waals surface area (Å²) in [5.41, 5.74) is 2.54. The lowest BCUT2D eigenvalue weighted by Crippen LogP contribution is -2.34. The average molecular weight is 383 g/mol. The average Bonchev–Trinajstić information content (AvgIpc) is 3.01. The standard InChI is InChI=1S/C19H21N5O2S/c1-13-11-17(22-16-7-3-5-14-6-4-9-20-18(14)16)23-19(21-13)24(2)15-8-10-27(25,26)12-15/h3-7,9,11,15H,8,10,12H2,1-2H3,(H,21,22,23). The second-order valence-electron chi connectivity index (χ2n) is 6.87. The first-order valence-corrected chi connectivity index (χ1v) is 10.6. The predicted octanol–water partition coefficient (Wildman–Crippen LogP) is 2.70. The van der Waals surface area contributed by atoms with E-state index < -0.39 is 9.84 Å². The Kier molecular flexibility index (Phi) is 4.43. The number of nitrogens with zero attached hydrogens (tertiary/aromatic N) is 4. The molecule has 0 spiro atoms. The lowest BCUT2D eigenvalue weighted by molar-refractivity contribution is 0.600. The zero-order chi connectivity index (χ0) is 19.0. The molecule has 3 heterocycles. The van der Waals surface area contributed by atoms with Crippen molar-refractivity contribution in [3.63, 3.8) is 0 Å². The van der Waals surface area contributed by atoms with E-state index in [1.807, 2.05) is 55.3 Å². The summed E-state index contributed by atoms with van der Waals surface area (Å²) in [4.78, 5) is 15.4. The number of hydrogen-bond acceptors (Lipinski definition) is 7. The summed E-state index contributed by atoms with van der Waals surface area (Å²) >= 11 is 0. The number of rotatable bonds is 4. The van der Waals surface area contributed by atoms with Crippen LogP contribution >= 0.6 is 0 Å². The minimum Gasteiger partial charge on any atom is -0.340 e. The Morgan fingerprint density at radius 1 is 1.19 bits per heavy atom. The van der Waals surface area contributed by atoms with Gasteiger partial charge in [0.05, 0.1) is 22.7 Å². The van der Waals surface area contributed by atoms with Crippen LogP contribution in [0.1, 0.15) is 12.1 Å². The number of para-hydroxylation sites is 1. The van der Waals surface area contributed by atoms with E-state index in [1.165, 1.54) is 0 Å². The van der Waals surface area contributed by atoms with Gasteiger partial charge in [0.25, 0.3) is 0 Å². The minimum absolute atomic E-state index is 0.0936. The quantitative estimate of drug-likeness (QED) is 0.741. The fraction of sp³-hybridized carbons (Fsp3) is 0.316. The molecule has 1 unspecified atom stereocenters. The number of aromatic nitrogens is 3. The molecule has 1 aliphatic heterocycles. The van der Waals surface area contributed by atoms with Crippen LogP contribution in [0.25, 0.3) is 10.9 Å². The van der Waals surface area contributed by atoms with Crippen LogP contribution in [-0.4, -0.2) is 48.0 Å². The molecule has 140 valence electrons. The highest BCUT2D eigenvalue weighted by atomic mass is 32.2. The number of benzene rings is 1. The number of pyridine rings is 1. The van der Waals surface area contributed by atoms with Crippen LogP contribution in [0.5, 0.6) is 0 Å². The Balaban J connectivity index is 1.64. The van der Waals surface area contributed by atoms with Crippen LogP contribution in [-0.2, 0) is 9.84 Å². The maximum Gasteiger partial charge on any atom is 0.227 e. The number of hydrogen-bond donors (Lipinski definition) is 1. The Labute approximate surface area is 158 Å². The van der Waals surface area contributed by atoms with Crippen molar-refractivity contribution < 1.29 is 8.42 Å². The maximum absolute atomic E-state index is 11.8. The van der Waals surface area contributed by atoms with E-state index >= 15 is 0 Å². The maximum atomic E-state index is 11.8. The summed E-state index contributed by atoms with van der Waals surface area (Å²) in [5, 5.41) is 4.37. The summed E-state index contributed by atoms with van der Waals surface area (Å²) in [6.45, 7) is 1.90. The Morgan fingerprint density at radius 3 is 2.78 bits per heavy atom. The van der Waals surface area contributed by atoms with Gasteiger partial charge in [0.1, 0.15) is 5.82 Å². The van der Waals surface area contributed by atoms with Crippen molar-refractivity contribution in [2.45, 2.75) is 19.4 Å². The zero-order valence-electron chi connectivity index (χ0n) is 15.3. The van der Waals surface area contributed by atoms with Crippen molar-refractivity contribution in [3.8, 4) is 0 Å². The Bertz CT molecular complexity index is 1090. The van der Waals surface area contributed by atoms with Gasteiger partial charge in [0.15, 0.2) is 9.84 Å². The van der Waals surface area contributed by atoms with E-state index in [0.717, 1.165) is 22.3 Å². The third kappa shape index (κ3) is 3.71. The first-order chi connectivity index (χ1) is 12.9. The third-order valence-electron chi connectivity index (χ3n) is 4.81. The fourth-order valence-corrected chi connectivity index (χ4v) is 5.14. The molecule has 2 aromatic heterocycles. The molecular weight excluding hydrogens is 362 g/mol. The minimum atomic E-state index is -2.96. The fourth-order valence-electron chi connectivity index (χ4n) is 3.36. The molecule has 7 nitrogen and oxygen atoms in total. The molecule has 1 saturated heterocycles. The summed E-state index contributed by atoms with van der Waals surface area (Å²) < 4.78 is 23.6. The van der Waals surface area contributed by atoms with Gasteiger partial charge in [-0.1, -0.05) is 18.2 Å². The van der Waals surface area contributed by atoms with E-state index in [4.69, 9.17) is 0 Å². The molecule has 0 bridgehead atoms. The van der Waals surface area contributed by atoms with Crippen LogP contribution in [0.3, 0.4) is 0 Å². The number of sulfone groups is 1. The highest BCUT2D eigenvalue weighted by Gasteiger charge is 2.31. The monoisotopic (exact) mass is 383 g/mol. The molecule has 0 aliphatic carbocycles. The first kappa shape index (κ1) is 17.7. The van der Waals surface area contributed by atoms with Crippen molar-refractivity contribution in [2.75, 3.05) is 28.8 Å². The van der Waals surface area contributed by atoms with Crippen molar-refractivity contribution in [3.05, 3.63) is 48.3 Å². The molecule has 0 saturated carbocycles. The molecule has 1 aliphatic rings.